The minimum absolute atomic E-state index is 0.195. The third-order valence-electron chi connectivity index (χ3n) is 2.51. The standard InChI is InChI=1S/C15H20OS/c1-12(2)15-10-5-4-8-14(15)9-6-7-11-17-13(3)16/h4-6,8-10,12H,7,11H2,1-3H3. The number of thioether (sulfide) groups is 1. The lowest BCUT2D eigenvalue weighted by Gasteiger charge is -2.08. The van der Waals surface area contributed by atoms with Gasteiger partial charge in [-0.05, 0) is 23.5 Å². The monoisotopic (exact) mass is 248 g/mol. The minimum Gasteiger partial charge on any atom is -0.288 e. The number of carbonyl (C=O) groups is 1. The molecule has 0 aliphatic heterocycles. The summed E-state index contributed by atoms with van der Waals surface area (Å²) in [5.41, 5.74) is 2.67. The van der Waals surface area contributed by atoms with Crippen molar-refractivity contribution in [3.05, 3.63) is 41.5 Å². The first-order chi connectivity index (χ1) is 8.11. The zero-order chi connectivity index (χ0) is 12.7. The highest BCUT2D eigenvalue weighted by Crippen LogP contribution is 2.20. The molecule has 0 fully saturated rings. The minimum atomic E-state index is 0.195. The van der Waals surface area contributed by atoms with Crippen LogP contribution in [0.15, 0.2) is 30.3 Å². The van der Waals surface area contributed by atoms with Gasteiger partial charge in [0.25, 0.3) is 0 Å². The average Bonchev–Trinajstić information content (AvgIpc) is 2.28. The molecule has 0 radical (unpaired) electrons. The van der Waals surface area contributed by atoms with Crippen LogP contribution in [0.5, 0.6) is 0 Å². The zero-order valence-corrected chi connectivity index (χ0v) is 11.6. The van der Waals surface area contributed by atoms with E-state index in [1.807, 2.05) is 0 Å². The van der Waals surface area contributed by atoms with Gasteiger partial charge in [-0.15, -0.1) is 0 Å². The zero-order valence-electron chi connectivity index (χ0n) is 10.8. The molecule has 0 saturated heterocycles. The lowest BCUT2D eigenvalue weighted by atomic mass is 9.97. The largest absolute Gasteiger partial charge is 0.288 e. The first kappa shape index (κ1) is 14.0. The Morgan fingerprint density at radius 3 is 2.71 bits per heavy atom. The summed E-state index contributed by atoms with van der Waals surface area (Å²) in [4.78, 5) is 10.8. The number of allylic oxidation sites excluding steroid dienone is 1. The molecule has 0 heterocycles. The summed E-state index contributed by atoms with van der Waals surface area (Å²) in [5.74, 6) is 1.41. The summed E-state index contributed by atoms with van der Waals surface area (Å²) in [6.07, 6.45) is 5.25. The van der Waals surface area contributed by atoms with Crippen molar-refractivity contribution in [3.8, 4) is 0 Å². The third kappa shape index (κ3) is 5.22. The summed E-state index contributed by atoms with van der Waals surface area (Å²) < 4.78 is 0. The second-order valence-electron chi connectivity index (χ2n) is 4.31. The number of hydrogen-bond acceptors (Lipinski definition) is 2. The maximum Gasteiger partial charge on any atom is 0.185 e. The Hall–Kier alpha value is -1.02. The smallest absolute Gasteiger partial charge is 0.185 e. The summed E-state index contributed by atoms with van der Waals surface area (Å²) >= 11 is 1.39. The Kier molecular flexibility index (Phi) is 6.06. The van der Waals surface area contributed by atoms with Crippen LogP contribution >= 0.6 is 11.8 Å². The fraction of sp³-hybridized carbons (Fsp3) is 0.400. The van der Waals surface area contributed by atoms with E-state index in [1.54, 1.807) is 6.92 Å². The Morgan fingerprint density at radius 1 is 1.35 bits per heavy atom. The fourth-order valence-corrected chi connectivity index (χ4v) is 2.21. The van der Waals surface area contributed by atoms with Crippen molar-refractivity contribution < 1.29 is 4.79 Å². The maximum atomic E-state index is 10.8. The molecule has 1 aromatic rings. The molecule has 0 spiro atoms. The lowest BCUT2D eigenvalue weighted by molar-refractivity contribution is -0.109. The van der Waals surface area contributed by atoms with E-state index >= 15 is 0 Å². The topological polar surface area (TPSA) is 17.1 Å². The number of hydrogen-bond donors (Lipinski definition) is 0. The van der Waals surface area contributed by atoms with Gasteiger partial charge in [-0.1, -0.05) is 62.0 Å². The molecule has 0 unspecified atom stereocenters. The molecule has 0 aliphatic carbocycles. The van der Waals surface area contributed by atoms with Gasteiger partial charge in [-0.2, -0.15) is 0 Å². The molecule has 0 atom stereocenters. The summed E-state index contributed by atoms with van der Waals surface area (Å²) in [5, 5.41) is 0.195. The highest BCUT2D eigenvalue weighted by Gasteiger charge is 2.02. The number of carbonyl (C=O) groups excluding carboxylic acids is 1. The van der Waals surface area contributed by atoms with Gasteiger partial charge in [-0.3, -0.25) is 4.79 Å². The van der Waals surface area contributed by atoms with E-state index in [9.17, 15) is 4.79 Å². The van der Waals surface area contributed by atoms with Gasteiger partial charge in [-0.25, -0.2) is 0 Å². The van der Waals surface area contributed by atoms with Gasteiger partial charge in [0.1, 0.15) is 0 Å². The first-order valence-corrected chi connectivity index (χ1v) is 6.98. The van der Waals surface area contributed by atoms with Gasteiger partial charge in [0.2, 0.25) is 0 Å². The quantitative estimate of drug-likeness (QED) is 0.714. The summed E-state index contributed by atoms with van der Waals surface area (Å²) in [7, 11) is 0. The highest BCUT2D eigenvalue weighted by atomic mass is 32.2. The maximum absolute atomic E-state index is 10.8. The van der Waals surface area contributed by atoms with Gasteiger partial charge in [0.15, 0.2) is 5.12 Å². The van der Waals surface area contributed by atoms with Crippen molar-refractivity contribution in [2.24, 2.45) is 0 Å². The molecule has 0 N–H and O–H groups in total. The van der Waals surface area contributed by atoms with Crippen LogP contribution in [0.2, 0.25) is 0 Å². The van der Waals surface area contributed by atoms with Gasteiger partial charge in [0, 0.05) is 12.7 Å². The van der Waals surface area contributed by atoms with Crippen LogP contribution in [0.25, 0.3) is 6.08 Å². The van der Waals surface area contributed by atoms with E-state index in [4.69, 9.17) is 0 Å². The Morgan fingerprint density at radius 2 is 2.06 bits per heavy atom. The fourth-order valence-electron chi connectivity index (χ4n) is 1.67. The molecule has 0 bridgehead atoms. The van der Waals surface area contributed by atoms with Crippen LogP contribution in [0.4, 0.5) is 0 Å². The van der Waals surface area contributed by atoms with Crippen molar-refractivity contribution in [2.75, 3.05) is 5.75 Å². The molecule has 1 rings (SSSR count). The van der Waals surface area contributed by atoms with Crippen molar-refractivity contribution in [3.63, 3.8) is 0 Å². The normalized spacial score (nSPS) is 11.3. The van der Waals surface area contributed by atoms with Crippen LogP contribution < -0.4 is 0 Å². The SMILES string of the molecule is CC(=O)SCCC=Cc1ccccc1C(C)C. The molecule has 0 aromatic heterocycles. The molecule has 1 aromatic carbocycles. The van der Waals surface area contributed by atoms with E-state index in [2.05, 4.69) is 50.3 Å². The lowest BCUT2D eigenvalue weighted by Crippen LogP contribution is -1.90. The Bertz CT molecular complexity index is 394. The van der Waals surface area contributed by atoms with E-state index in [1.165, 1.54) is 22.9 Å². The van der Waals surface area contributed by atoms with E-state index in [0.717, 1.165) is 12.2 Å². The molecule has 17 heavy (non-hydrogen) atoms. The molecule has 0 saturated carbocycles. The van der Waals surface area contributed by atoms with Crippen LogP contribution in [0.1, 0.15) is 44.2 Å². The van der Waals surface area contributed by atoms with E-state index < -0.39 is 0 Å². The van der Waals surface area contributed by atoms with Crippen molar-refractivity contribution in [1.82, 2.24) is 0 Å². The third-order valence-corrected chi connectivity index (χ3v) is 3.35. The average molecular weight is 248 g/mol. The van der Waals surface area contributed by atoms with Crippen LogP contribution in [-0.4, -0.2) is 10.9 Å². The van der Waals surface area contributed by atoms with Crippen LogP contribution in [0, 0.1) is 0 Å². The summed E-state index contributed by atoms with van der Waals surface area (Å²) in [6.45, 7) is 6.03. The summed E-state index contributed by atoms with van der Waals surface area (Å²) in [6, 6.07) is 8.47. The number of rotatable bonds is 5. The van der Waals surface area contributed by atoms with Crippen molar-refractivity contribution in [2.45, 2.75) is 33.1 Å². The van der Waals surface area contributed by atoms with Gasteiger partial charge in [0.05, 0.1) is 0 Å². The second kappa shape index (κ2) is 7.33. The molecule has 1 nitrogen and oxygen atoms in total. The van der Waals surface area contributed by atoms with E-state index in [-0.39, 0.29) is 5.12 Å². The Labute approximate surface area is 108 Å². The first-order valence-electron chi connectivity index (χ1n) is 6.00. The number of benzene rings is 1. The highest BCUT2D eigenvalue weighted by molar-refractivity contribution is 8.13. The van der Waals surface area contributed by atoms with Gasteiger partial charge >= 0.3 is 0 Å². The van der Waals surface area contributed by atoms with Gasteiger partial charge < -0.3 is 0 Å². The van der Waals surface area contributed by atoms with Crippen LogP contribution in [0.3, 0.4) is 0 Å². The molecular weight excluding hydrogens is 228 g/mol. The molecule has 2 heteroatoms. The predicted molar refractivity (Wildman–Crippen MR) is 77.3 cm³/mol. The van der Waals surface area contributed by atoms with E-state index in [0.29, 0.717) is 5.92 Å². The Balaban J connectivity index is 2.56. The molecular formula is C15H20OS. The predicted octanol–water partition coefficient (Wildman–Crippen LogP) is 4.49. The molecule has 0 aliphatic rings. The van der Waals surface area contributed by atoms with Crippen molar-refractivity contribution >= 4 is 23.0 Å². The molecule has 0 amide bonds. The van der Waals surface area contributed by atoms with Crippen LogP contribution in [-0.2, 0) is 4.79 Å². The second-order valence-corrected chi connectivity index (χ2v) is 5.59. The van der Waals surface area contributed by atoms with Crippen molar-refractivity contribution in [1.29, 1.82) is 0 Å². The molecule has 92 valence electrons.